The van der Waals surface area contributed by atoms with Crippen molar-refractivity contribution in [3.05, 3.63) is 70.8 Å². The number of fused-ring (bicyclic) bond motifs is 2. The minimum Gasteiger partial charge on any atom is -0.481 e. The van der Waals surface area contributed by atoms with E-state index in [1.165, 1.54) is 35.7 Å². The molecule has 0 saturated heterocycles. The number of ether oxygens (including phenoxy) is 2. The van der Waals surface area contributed by atoms with Gasteiger partial charge in [-0.2, -0.15) is 0 Å². The van der Waals surface area contributed by atoms with Gasteiger partial charge in [0.15, 0.2) is 0 Å². The monoisotopic (exact) mass is 620 g/mol. The number of rotatable bonds is 13. The molecule has 2 unspecified atom stereocenters. The van der Waals surface area contributed by atoms with Gasteiger partial charge in [-0.15, -0.1) is 0 Å². The first-order valence-corrected chi connectivity index (χ1v) is 13.8. The Balaban J connectivity index is 1.86. The van der Waals surface area contributed by atoms with E-state index in [4.69, 9.17) is 14.6 Å². The maximum Gasteiger partial charge on any atom is 0.339 e. The summed E-state index contributed by atoms with van der Waals surface area (Å²) < 4.78 is 12.5. The van der Waals surface area contributed by atoms with Crippen molar-refractivity contribution in [1.29, 1.82) is 0 Å². The van der Waals surface area contributed by atoms with Gasteiger partial charge in [-0.3, -0.25) is 4.79 Å². The molecule has 2 aliphatic heterocycles. The number of esters is 2. The second-order valence-electron chi connectivity index (χ2n) is 10.4. The summed E-state index contributed by atoms with van der Waals surface area (Å²) in [6.45, 7) is 1.39. The number of carbonyl (C=O) groups excluding carboxylic acids is 2. The molecule has 2 aliphatic carbocycles. The van der Waals surface area contributed by atoms with Crippen molar-refractivity contribution in [3.63, 3.8) is 0 Å². The van der Waals surface area contributed by atoms with Crippen molar-refractivity contribution < 1.29 is 53.9 Å². The van der Waals surface area contributed by atoms with Crippen molar-refractivity contribution in [2.45, 2.75) is 38.3 Å². The Bertz CT molecular complexity index is 1750. The molecule has 2 atom stereocenters. The first-order valence-electron chi connectivity index (χ1n) is 13.8. The van der Waals surface area contributed by atoms with E-state index in [1.807, 2.05) is 0 Å². The number of aromatic nitrogens is 2. The van der Waals surface area contributed by atoms with E-state index < -0.39 is 48.4 Å². The topological polar surface area (TPSA) is 195 Å². The number of carboxylic acid groups (broad SMARTS) is 3. The fourth-order valence-electron chi connectivity index (χ4n) is 5.47. The van der Waals surface area contributed by atoms with Gasteiger partial charge in [-0.1, -0.05) is 30.4 Å². The van der Waals surface area contributed by atoms with E-state index in [-0.39, 0.29) is 30.6 Å². The van der Waals surface area contributed by atoms with E-state index in [0.29, 0.717) is 38.9 Å². The first kappa shape index (κ1) is 32.5. The van der Waals surface area contributed by atoms with Crippen LogP contribution in [-0.2, 0) is 23.9 Å². The first-order chi connectivity index (χ1) is 21.4. The second kappa shape index (κ2) is 13.5. The smallest absolute Gasteiger partial charge is 0.339 e. The Morgan fingerprint density at radius 1 is 0.756 bits per heavy atom. The number of aliphatic carboxylic acids is 3. The van der Waals surface area contributed by atoms with Crippen LogP contribution in [0.4, 0.5) is 0 Å². The Kier molecular flexibility index (Phi) is 9.72. The number of carboxylic acids is 3. The van der Waals surface area contributed by atoms with E-state index in [2.05, 4.69) is 0 Å². The van der Waals surface area contributed by atoms with E-state index in [0.717, 1.165) is 0 Å². The third-order valence-corrected chi connectivity index (χ3v) is 7.63. The third kappa shape index (κ3) is 6.58. The van der Waals surface area contributed by atoms with Crippen molar-refractivity contribution in [3.8, 4) is 22.3 Å². The Morgan fingerprint density at radius 2 is 1.31 bits per heavy atom. The lowest BCUT2D eigenvalue weighted by atomic mass is 9.99. The molecule has 0 fully saturated rings. The fraction of sp³-hybridized carbons (Fsp3) is 0.281. The Labute approximate surface area is 257 Å². The van der Waals surface area contributed by atoms with Gasteiger partial charge in [-0.25, -0.2) is 19.2 Å². The van der Waals surface area contributed by atoms with Crippen LogP contribution in [0.15, 0.2) is 43.0 Å². The van der Waals surface area contributed by atoms with Crippen LogP contribution in [0.25, 0.3) is 34.4 Å². The molecule has 0 saturated carbocycles. The fourth-order valence-corrected chi connectivity index (χ4v) is 5.47. The lowest BCUT2D eigenvalue weighted by Gasteiger charge is -2.20. The van der Waals surface area contributed by atoms with Crippen LogP contribution in [0.3, 0.4) is 0 Å². The lowest BCUT2D eigenvalue weighted by molar-refractivity contribution is -0.143. The molecule has 45 heavy (non-hydrogen) atoms. The summed E-state index contributed by atoms with van der Waals surface area (Å²) >= 11 is 0. The van der Waals surface area contributed by atoms with E-state index >= 15 is 0 Å². The Hall–Kier alpha value is -5.43. The molecule has 13 heteroatoms. The maximum absolute atomic E-state index is 12.8. The molecule has 0 amide bonds. The maximum atomic E-state index is 12.8. The number of nitrogens with zero attached hydrogens (tertiary/aromatic N) is 2. The molecule has 0 radical (unpaired) electrons. The highest BCUT2D eigenvalue weighted by atomic mass is 16.5. The van der Waals surface area contributed by atoms with Crippen molar-refractivity contribution in [2.24, 2.45) is 0 Å². The van der Waals surface area contributed by atoms with Crippen LogP contribution in [0.1, 0.15) is 68.8 Å². The molecule has 0 aromatic rings. The summed E-state index contributed by atoms with van der Waals surface area (Å²) in [5.41, 5.74) is 4.29. The lowest BCUT2D eigenvalue weighted by Crippen LogP contribution is -2.22. The quantitative estimate of drug-likeness (QED) is 0.158. The van der Waals surface area contributed by atoms with E-state index in [9.17, 15) is 39.3 Å². The molecule has 0 spiro atoms. The highest BCUT2D eigenvalue weighted by Gasteiger charge is 2.28. The summed E-state index contributed by atoms with van der Waals surface area (Å²) in [7, 11) is 2.42. The Morgan fingerprint density at radius 3 is 1.89 bits per heavy atom. The van der Waals surface area contributed by atoms with Crippen molar-refractivity contribution in [1.82, 2.24) is 9.13 Å². The number of aliphatic hydroxyl groups excluding tert-OH is 1. The molecular weight excluding hydrogens is 588 g/mol. The predicted octanol–water partition coefficient (Wildman–Crippen LogP) is 4.05. The van der Waals surface area contributed by atoms with Crippen LogP contribution >= 0.6 is 0 Å². The molecule has 0 bridgehead atoms. The molecule has 4 aliphatic rings. The molecule has 2 heterocycles. The average Bonchev–Trinajstić information content (AvgIpc) is 3.56. The largest absolute Gasteiger partial charge is 0.481 e. The van der Waals surface area contributed by atoms with Gasteiger partial charge in [-0.05, 0) is 35.6 Å². The molecule has 236 valence electrons. The summed E-state index contributed by atoms with van der Waals surface area (Å²) in [5.74, 6) is -4.98. The highest BCUT2D eigenvalue weighted by molar-refractivity contribution is 6.02. The number of methoxy groups -OCH3 is 2. The predicted molar refractivity (Wildman–Crippen MR) is 160 cm³/mol. The standard InChI is InChI=1S/C32H32N2O11/c1-17-12-19(22-14-34(16-24(28(17)22)32(43)45-3)25(29(38)39)8-9-27(36)37)5-4-18-6-7-20-21(18)13-33(15-23(20)31(42)44-2)26(10-11-35)30(40)41/h4-7,12-16,25-26,35H,8-11H2,1-3H3,(H,36,37)(H,38,39)(H,40,41)/b5-4-. The zero-order valence-corrected chi connectivity index (χ0v) is 24.7. The number of hydrogen-bond acceptors (Lipinski definition) is 8. The van der Waals surface area contributed by atoms with Gasteiger partial charge >= 0.3 is 29.8 Å². The van der Waals surface area contributed by atoms with Gasteiger partial charge < -0.3 is 39.0 Å². The van der Waals surface area contributed by atoms with Crippen LogP contribution in [-0.4, -0.2) is 80.2 Å². The number of hydrogen-bond donors (Lipinski definition) is 4. The van der Waals surface area contributed by atoms with Crippen molar-refractivity contribution in [2.75, 3.05) is 20.8 Å². The highest BCUT2D eigenvalue weighted by Crippen LogP contribution is 2.39. The van der Waals surface area contributed by atoms with Gasteiger partial charge in [0.1, 0.15) is 12.1 Å². The molecule has 13 nitrogen and oxygen atoms in total. The minimum absolute atomic E-state index is 0.0941. The number of pyridine rings is 2. The summed E-state index contributed by atoms with van der Waals surface area (Å²) in [6.07, 6.45) is 8.60. The summed E-state index contributed by atoms with van der Waals surface area (Å²) in [6, 6.07) is 2.83. The average molecular weight is 621 g/mol. The van der Waals surface area contributed by atoms with Gasteiger partial charge in [0.05, 0.1) is 25.3 Å². The van der Waals surface area contributed by atoms with Crippen LogP contribution in [0.5, 0.6) is 0 Å². The van der Waals surface area contributed by atoms with Gasteiger partial charge in [0.25, 0.3) is 0 Å². The molecule has 0 aromatic heterocycles. The van der Waals surface area contributed by atoms with Crippen LogP contribution in [0, 0.1) is 6.92 Å². The van der Waals surface area contributed by atoms with Crippen LogP contribution in [0.2, 0.25) is 0 Å². The second-order valence-corrected chi connectivity index (χ2v) is 10.4. The van der Waals surface area contributed by atoms with E-state index in [1.54, 1.807) is 49.7 Å². The van der Waals surface area contributed by atoms with Gasteiger partial charge in [0.2, 0.25) is 0 Å². The third-order valence-electron chi connectivity index (χ3n) is 7.63. The molecule has 0 aromatic carbocycles. The summed E-state index contributed by atoms with van der Waals surface area (Å²) in [4.78, 5) is 60.7. The van der Waals surface area contributed by atoms with Gasteiger partial charge in [0, 0.05) is 60.9 Å². The number of carbonyl (C=O) groups is 5. The normalized spacial score (nSPS) is 12.8. The molecular formula is C32H32N2O11. The molecule has 4 rings (SSSR count). The zero-order chi connectivity index (χ0) is 33.0. The number of aryl methyl sites for hydroxylation is 1. The summed E-state index contributed by atoms with van der Waals surface area (Å²) in [5, 5.41) is 38.2. The van der Waals surface area contributed by atoms with Crippen LogP contribution < -0.4 is 0 Å². The number of aliphatic hydroxyl groups is 1. The molecule has 4 N–H and O–H groups in total. The minimum atomic E-state index is -1.27. The van der Waals surface area contributed by atoms with Crippen molar-refractivity contribution >= 4 is 42.0 Å². The zero-order valence-electron chi connectivity index (χ0n) is 24.7. The SMILES string of the molecule is COC(=O)c1cn(C(CCO)C(=O)O)cc2c(/C=C\c3cc(C)c4c(C(=O)OC)cn(C(CCC(=O)O)C(=O)O)cc3-4)ccc1-2.